The molecule has 106 valence electrons. The third kappa shape index (κ3) is 2.78. The van der Waals surface area contributed by atoms with Gasteiger partial charge in [0.1, 0.15) is 24.4 Å². The summed E-state index contributed by atoms with van der Waals surface area (Å²) < 4.78 is 4.63. The van der Waals surface area contributed by atoms with Gasteiger partial charge in [-0.05, 0) is 0 Å². The number of carboxylic acid groups (broad SMARTS) is 1. The zero-order valence-electron chi connectivity index (χ0n) is 9.25. The van der Waals surface area contributed by atoms with Crippen LogP contribution in [0.15, 0.2) is 0 Å². The Morgan fingerprint density at radius 2 is 1.94 bits per heavy atom. The van der Waals surface area contributed by atoms with Gasteiger partial charge in [0.2, 0.25) is 0 Å². The molecule has 0 amide bonds. The number of rotatable bonds is 4. The van der Waals surface area contributed by atoms with Gasteiger partial charge in [-0.2, -0.15) is 0 Å². The van der Waals surface area contributed by atoms with Crippen molar-refractivity contribution >= 4 is 5.97 Å². The molecule has 18 heavy (non-hydrogen) atoms. The Morgan fingerprint density at radius 1 is 1.39 bits per heavy atom. The molecule has 1 rings (SSSR count). The molecular formula is C9H16O9. The van der Waals surface area contributed by atoms with Crippen molar-refractivity contribution in [3.63, 3.8) is 0 Å². The lowest BCUT2D eigenvalue weighted by atomic mass is 9.91. The summed E-state index contributed by atoms with van der Waals surface area (Å²) in [4.78, 5) is 10.8. The van der Waals surface area contributed by atoms with Crippen LogP contribution in [-0.4, -0.2) is 84.6 Å². The van der Waals surface area contributed by atoms with Crippen LogP contribution >= 0.6 is 0 Å². The predicted octanol–water partition coefficient (Wildman–Crippen LogP) is -4.02. The van der Waals surface area contributed by atoms with E-state index in [9.17, 15) is 30.3 Å². The highest BCUT2D eigenvalue weighted by molar-refractivity contribution is 5.75. The van der Waals surface area contributed by atoms with E-state index in [1.165, 1.54) is 0 Å². The number of aliphatic hydroxyl groups is 6. The van der Waals surface area contributed by atoms with Gasteiger partial charge in [0.15, 0.2) is 0 Å². The number of hydrogen-bond donors (Lipinski definition) is 7. The average Bonchev–Trinajstić information content (AvgIpc) is 2.31. The van der Waals surface area contributed by atoms with Crippen molar-refractivity contribution in [2.75, 3.05) is 6.61 Å². The summed E-state index contributed by atoms with van der Waals surface area (Å²) in [6.07, 6.45) is -9.50. The molecule has 1 fully saturated rings. The molecule has 9 nitrogen and oxygen atoms in total. The lowest BCUT2D eigenvalue weighted by Crippen LogP contribution is -2.63. The number of ether oxygens (including phenoxy) is 1. The molecule has 1 aliphatic heterocycles. The first-order valence-corrected chi connectivity index (χ1v) is 5.19. The third-order valence-corrected chi connectivity index (χ3v) is 2.80. The summed E-state index contributed by atoms with van der Waals surface area (Å²) in [6.45, 7) is -0.866. The van der Waals surface area contributed by atoms with E-state index in [2.05, 4.69) is 4.74 Å². The molecule has 6 atom stereocenters. The quantitative estimate of drug-likeness (QED) is 0.268. The first-order chi connectivity index (χ1) is 8.23. The number of aliphatic carboxylic acids is 1. The zero-order chi connectivity index (χ0) is 14.1. The van der Waals surface area contributed by atoms with E-state index in [1.54, 1.807) is 0 Å². The molecule has 0 radical (unpaired) electrons. The average molecular weight is 268 g/mol. The predicted molar refractivity (Wildman–Crippen MR) is 53.2 cm³/mol. The summed E-state index contributed by atoms with van der Waals surface area (Å²) >= 11 is 0. The molecule has 0 unspecified atom stereocenters. The maximum Gasteiger partial charge on any atom is 0.364 e. The maximum atomic E-state index is 10.8. The normalized spacial score (nSPS) is 40.2. The van der Waals surface area contributed by atoms with Crippen molar-refractivity contribution in [1.82, 2.24) is 0 Å². The number of hydrogen-bond acceptors (Lipinski definition) is 8. The molecule has 1 heterocycles. The minimum atomic E-state index is -2.78. The smallest absolute Gasteiger partial charge is 0.364 e. The Labute approximate surface area is 101 Å². The SMILES string of the molecule is O=C(O)[C@@]1(O)C[C@@H](O)[C@H](O)[C@@H]([C@@H](O)[C@@H](O)CO)O1. The Kier molecular flexibility index (Phi) is 4.61. The molecule has 0 saturated carbocycles. The largest absolute Gasteiger partial charge is 0.477 e. The van der Waals surface area contributed by atoms with Crippen LogP contribution in [0.2, 0.25) is 0 Å². The van der Waals surface area contributed by atoms with Gasteiger partial charge in [0.05, 0.1) is 12.7 Å². The monoisotopic (exact) mass is 268 g/mol. The van der Waals surface area contributed by atoms with Crippen molar-refractivity contribution < 1.29 is 45.3 Å². The lowest BCUT2D eigenvalue weighted by Gasteiger charge is -2.42. The fraction of sp³-hybridized carbons (Fsp3) is 0.889. The van der Waals surface area contributed by atoms with Crippen molar-refractivity contribution in [2.24, 2.45) is 0 Å². The van der Waals surface area contributed by atoms with Gasteiger partial charge in [-0.3, -0.25) is 0 Å². The van der Waals surface area contributed by atoms with Gasteiger partial charge in [0, 0.05) is 6.42 Å². The van der Waals surface area contributed by atoms with Crippen molar-refractivity contribution in [1.29, 1.82) is 0 Å². The molecule has 7 N–H and O–H groups in total. The number of carbonyl (C=O) groups is 1. The fourth-order valence-electron chi connectivity index (χ4n) is 1.70. The van der Waals surface area contributed by atoms with Crippen LogP contribution in [-0.2, 0) is 9.53 Å². The van der Waals surface area contributed by atoms with E-state index in [1.807, 2.05) is 0 Å². The van der Waals surface area contributed by atoms with E-state index < -0.39 is 55.3 Å². The van der Waals surface area contributed by atoms with E-state index in [-0.39, 0.29) is 0 Å². The molecule has 1 saturated heterocycles. The van der Waals surface area contributed by atoms with Gasteiger partial charge >= 0.3 is 5.97 Å². The Bertz CT molecular complexity index is 308. The second kappa shape index (κ2) is 5.45. The topological polar surface area (TPSA) is 168 Å². The molecule has 0 aromatic heterocycles. The molecular weight excluding hydrogens is 252 g/mol. The first-order valence-electron chi connectivity index (χ1n) is 5.19. The first kappa shape index (κ1) is 15.2. The molecule has 0 bridgehead atoms. The summed E-state index contributed by atoms with van der Waals surface area (Å²) in [7, 11) is 0. The third-order valence-electron chi connectivity index (χ3n) is 2.80. The van der Waals surface area contributed by atoms with Crippen LogP contribution in [0, 0.1) is 0 Å². The van der Waals surface area contributed by atoms with Crippen molar-refractivity contribution in [3.05, 3.63) is 0 Å². The van der Waals surface area contributed by atoms with Gasteiger partial charge in [-0.1, -0.05) is 0 Å². The van der Waals surface area contributed by atoms with Crippen LogP contribution in [0.25, 0.3) is 0 Å². The molecule has 1 aliphatic rings. The summed E-state index contributed by atoms with van der Waals surface area (Å²) in [5.41, 5.74) is 0. The Balaban J connectivity index is 2.92. The maximum absolute atomic E-state index is 10.8. The Morgan fingerprint density at radius 3 is 2.39 bits per heavy atom. The van der Waals surface area contributed by atoms with Crippen molar-refractivity contribution in [2.45, 2.75) is 42.7 Å². The van der Waals surface area contributed by atoms with Crippen molar-refractivity contribution in [3.8, 4) is 0 Å². The highest BCUT2D eigenvalue weighted by atomic mass is 16.7. The van der Waals surface area contributed by atoms with Crippen LogP contribution in [0.1, 0.15) is 6.42 Å². The van der Waals surface area contributed by atoms with E-state index in [0.717, 1.165) is 0 Å². The van der Waals surface area contributed by atoms with Crippen LogP contribution in [0.4, 0.5) is 0 Å². The summed E-state index contributed by atoms with van der Waals surface area (Å²) in [6, 6.07) is 0. The lowest BCUT2D eigenvalue weighted by molar-refractivity contribution is -0.312. The standard InChI is InChI=1S/C9H16O9/c10-2-4(12)6(14)7-5(13)3(11)1-9(17,18-7)8(15)16/h3-7,10-14,17H,1-2H2,(H,15,16)/t3-,4+,5+,6+,7+,9-/m1/s1. The van der Waals surface area contributed by atoms with Gasteiger partial charge in [-0.15, -0.1) is 0 Å². The van der Waals surface area contributed by atoms with E-state index >= 15 is 0 Å². The second-order valence-electron chi connectivity index (χ2n) is 4.17. The number of aliphatic hydroxyl groups excluding tert-OH is 5. The number of carboxylic acids is 1. The highest BCUT2D eigenvalue weighted by Gasteiger charge is 2.53. The highest BCUT2D eigenvalue weighted by Crippen LogP contribution is 2.30. The zero-order valence-corrected chi connectivity index (χ0v) is 9.25. The molecule has 0 aromatic rings. The van der Waals surface area contributed by atoms with Crippen LogP contribution in [0.5, 0.6) is 0 Å². The van der Waals surface area contributed by atoms with Crippen LogP contribution < -0.4 is 0 Å². The van der Waals surface area contributed by atoms with Crippen LogP contribution in [0.3, 0.4) is 0 Å². The van der Waals surface area contributed by atoms with Gasteiger partial charge in [-0.25, -0.2) is 4.79 Å². The fourth-order valence-corrected chi connectivity index (χ4v) is 1.70. The molecule has 9 heteroatoms. The van der Waals surface area contributed by atoms with E-state index in [4.69, 9.17) is 10.2 Å². The summed E-state index contributed by atoms with van der Waals surface area (Å²) in [5, 5.41) is 64.6. The summed E-state index contributed by atoms with van der Waals surface area (Å²) in [5.74, 6) is -4.58. The minimum Gasteiger partial charge on any atom is -0.477 e. The molecule has 0 aliphatic carbocycles. The van der Waals surface area contributed by atoms with E-state index in [0.29, 0.717) is 0 Å². The molecule has 0 aromatic carbocycles. The van der Waals surface area contributed by atoms with Gasteiger partial charge in [0.25, 0.3) is 5.79 Å². The molecule has 0 spiro atoms. The minimum absolute atomic E-state index is 0.790. The Hall–Kier alpha value is -0.810. The van der Waals surface area contributed by atoms with Gasteiger partial charge < -0.3 is 40.5 Å². The second-order valence-corrected chi connectivity index (χ2v) is 4.17.